The first-order valence-electron chi connectivity index (χ1n) is 11.2. The number of nitrogens with zero attached hydrogens (tertiary/aromatic N) is 2. The quantitative estimate of drug-likeness (QED) is 0.134. The molecule has 2 aromatic rings. The Labute approximate surface area is 211 Å². The van der Waals surface area contributed by atoms with Gasteiger partial charge in [0.05, 0.1) is 35.2 Å². The molecule has 0 bridgehead atoms. The van der Waals surface area contributed by atoms with Gasteiger partial charge < -0.3 is 18.9 Å². The molecule has 0 aromatic heterocycles. The molecule has 1 fully saturated rings. The third-order valence-electron chi connectivity index (χ3n) is 6.08. The molecule has 2 heterocycles. The largest absolute Gasteiger partial charge is 0.427 e. The maximum Gasteiger partial charge on any atom is 0.427 e. The summed E-state index contributed by atoms with van der Waals surface area (Å²) in [6.45, 7) is 4.24. The lowest BCUT2D eigenvalue weighted by molar-refractivity contribution is -0.384. The van der Waals surface area contributed by atoms with Crippen LogP contribution in [-0.2, 0) is 23.4 Å². The van der Waals surface area contributed by atoms with Crippen molar-refractivity contribution in [3.63, 3.8) is 0 Å². The fourth-order valence-electron chi connectivity index (χ4n) is 4.41. The van der Waals surface area contributed by atoms with Crippen molar-refractivity contribution in [3.05, 3.63) is 81.7 Å². The highest BCUT2D eigenvalue weighted by Crippen LogP contribution is 2.54. The Morgan fingerprint density at radius 3 is 2.27 bits per heavy atom. The van der Waals surface area contributed by atoms with Crippen LogP contribution in [-0.4, -0.2) is 51.6 Å². The summed E-state index contributed by atoms with van der Waals surface area (Å²) in [7, 11) is -3.89. The van der Waals surface area contributed by atoms with E-state index in [2.05, 4.69) is 0 Å². The van der Waals surface area contributed by atoms with Crippen molar-refractivity contribution < 1.29 is 42.8 Å². The minimum Gasteiger partial charge on any atom is -0.418 e. The number of carbonyl (C=O) groups excluding carboxylic acids is 3. The molecule has 2 aliphatic heterocycles. The number of rotatable bonds is 8. The molecule has 37 heavy (non-hydrogen) atoms. The van der Waals surface area contributed by atoms with Crippen LogP contribution in [0.2, 0.25) is 0 Å². The predicted molar refractivity (Wildman–Crippen MR) is 127 cm³/mol. The molecule has 1 N–H and O–H groups in total. The average Bonchev–Trinajstić information content (AvgIpc) is 3.06. The number of fused-ring (bicyclic) bond motifs is 1. The fourth-order valence-corrected chi connectivity index (χ4v) is 5.57. The highest BCUT2D eigenvalue weighted by molar-refractivity contribution is 7.53. The molecule has 5 atom stereocenters. The molecular weight excluding hydrogens is 507 g/mol. The number of benzene rings is 2. The number of non-ortho nitro benzene ring substituents is 1. The Balaban J connectivity index is 1.63. The van der Waals surface area contributed by atoms with Gasteiger partial charge in [-0.1, -0.05) is 25.1 Å². The number of amides is 1. The lowest BCUT2D eigenvalue weighted by Crippen LogP contribution is -2.63. The van der Waals surface area contributed by atoms with Gasteiger partial charge in [-0.25, -0.2) is 14.2 Å². The lowest BCUT2D eigenvalue weighted by Gasteiger charge is -2.46. The highest BCUT2D eigenvalue weighted by atomic mass is 31.2. The van der Waals surface area contributed by atoms with Gasteiger partial charge in [-0.15, -0.1) is 0 Å². The Hall–Kier alpha value is -4.02. The van der Waals surface area contributed by atoms with E-state index in [0.717, 1.165) is 29.2 Å². The van der Waals surface area contributed by atoms with E-state index < -0.39 is 60.0 Å². The zero-order valence-electron chi connectivity index (χ0n) is 20.0. The van der Waals surface area contributed by atoms with Crippen LogP contribution in [0.15, 0.2) is 66.1 Å². The predicted octanol–water partition coefficient (Wildman–Crippen LogP) is 3.27. The van der Waals surface area contributed by atoms with Crippen LogP contribution < -0.4 is 4.52 Å². The Kier molecular flexibility index (Phi) is 6.90. The summed E-state index contributed by atoms with van der Waals surface area (Å²) < 4.78 is 29.3. The van der Waals surface area contributed by atoms with Crippen LogP contribution in [0.5, 0.6) is 5.75 Å². The first-order valence-corrected chi connectivity index (χ1v) is 13.2. The van der Waals surface area contributed by atoms with E-state index >= 15 is 0 Å². The number of hydrogen-bond donors (Lipinski definition) is 1. The van der Waals surface area contributed by atoms with Gasteiger partial charge in [0.15, 0.2) is 5.70 Å². The normalized spacial score (nSPS) is 22.9. The molecule has 1 saturated heterocycles. The Bertz CT molecular complexity index is 1340. The Morgan fingerprint density at radius 2 is 1.70 bits per heavy atom. The van der Waals surface area contributed by atoms with Gasteiger partial charge in [-0.05, 0) is 31.2 Å². The summed E-state index contributed by atoms with van der Waals surface area (Å²) in [5, 5.41) is 20.9. The third-order valence-corrected chi connectivity index (χ3v) is 7.15. The number of aliphatic hydroxyl groups is 1. The first kappa shape index (κ1) is 26.1. The van der Waals surface area contributed by atoms with Gasteiger partial charge in [-0.3, -0.25) is 19.8 Å². The van der Waals surface area contributed by atoms with E-state index in [1.807, 2.05) is 0 Å². The number of nitro groups is 1. The van der Waals surface area contributed by atoms with Crippen molar-refractivity contribution in [2.75, 3.05) is 6.66 Å². The molecule has 2 aromatic carbocycles. The van der Waals surface area contributed by atoms with Gasteiger partial charge in [0, 0.05) is 18.1 Å². The summed E-state index contributed by atoms with van der Waals surface area (Å²) >= 11 is 0. The number of ether oxygens (including phenoxy) is 1. The van der Waals surface area contributed by atoms with Crippen molar-refractivity contribution in [2.45, 2.75) is 26.0 Å². The summed E-state index contributed by atoms with van der Waals surface area (Å²) in [4.78, 5) is 49.8. The van der Waals surface area contributed by atoms with Crippen LogP contribution in [0.1, 0.15) is 24.2 Å². The minimum atomic E-state index is -3.89. The van der Waals surface area contributed by atoms with Gasteiger partial charge in [0.25, 0.3) is 5.69 Å². The van der Waals surface area contributed by atoms with Gasteiger partial charge in [0.1, 0.15) is 11.5 Å². The zero-order chi connectivity index (χ0) is 27.1. The van der Waals surface area contributed by atoms with Gasteiger partial charge in [-0.2, -0.15) is 0 Å². The topological polar surface area (TPSA) is 163 Å². The van der Waals surface area contributed by atoms with E-state index in [1.165, 1.54) is 13.6 Å². The second-order valence-electron chi connectivity index (χ2n) is 8.71. The number of hydrogen-bond acceptors (Lipinski definition) is 10. The molecule has 13 heteroatoms. The number of nitro benzene ring substituents is 1. The minimum absolute atomic E-state index is 0.144. The van der Waals surface area contributed by atoms with Crippen molar-refractivity contribution in [1.29, 1.82) is 0 Å². The molecule has 194 valence electrons. The molecule has 2 aliphatic rings. The fraction of sp³-hybridized carbons (Fsp3) is 0.292. The maximum absolute atomic E-state index is 13.2. The maximum atomic E-state index is 13.2. The second kappa shape index (κ2) is 9.79. The monoisotopic (exact) mass is 530 g/mol. The first-order chi connectivity index (χ1) is 17.4. The molecule has 0 aliphatic carbocycles. The summed E-state index contributed by atoms with van der Waals surface area (Å²) in [5.74, 6) is -4.43. The van der Waals surface area contributed by atoms with Crippen molar-refractivity contribution >= 4 is 31.1 Å². The summed E-state index contributed by atoms with van der Waals surface area (Å²) in [5.41, 5.74) is -0.829. The molecule has 1 amide bonds. The molecule has 0 radical (unpaired) electrons. The van der Waals surface area contributed by atoms with Gasteiger partial charge >= 0.3 is 19.5 Å². The van der Waals surface area contributed by atoms with Crippen LogP contribution in [0.4, 0.5) is 5.69 Å². The van der Waals surface area contributed by atoms with Crippen molar-refractivity contribution in [1.82, 2.24) is 4.90 Å². The lowest BCUT2D eigenvalue weighted by atomic mass is 9.79. The number of aliphatic hydroxyl groups excluding tert-OH is 1. The molecule has 0 saturated carbocycles. The Morgan fingerprint density at radius 1 is 1.08 bits per heavy atom. The van der Waals surface area contributed by atoms with E-state index in [0.29, 0.717) is 0 Å². The molecule has 12 nitrogen and oxygen atoms in total. The average molecular weight is 530 g/mol. The smallest absolute Gasteiger partial charge is 0.418 e. The zero-order valence-corrected chi connectivity index (χ0v) is 20.9. The van der Waals surface area contributed by atoms with Crippen molar-refractivity contribution in [2.24, 2.45) is 11.8 Å². The molecular formula is C24H23N2O10P. The van der Waals surface area contributed by atoms with Crippen LogP contribution in [0, 0.1) is 22.0 Å². The van der Waals surface area contributed by atoms with E-state index in [1.54, 1.807) is 37.3 Å². The van der Waals surface area contributed by atoms with E-state index in [9.17, 15) is 34.2 Å². The third kappa shape index (κ3) is 4.98. The van der Waals surface area contributed by atoms with Crippen LogP contribution in [0.3, 0.4) is 0 Å². The number of esters is 2. The van der Waals surface area contributed by atoms with E-state index in [4.69, 9.17) is 13.8 Å². The number of β-lactam (4-membered cyclic amide) rings is 1. The summed E-state index contributed by atoms with van der Waals surface area (Å²) in [6, 6.07) is 11.9. The van der Waals surface area contributed by atoms with Crippen LogP contribution in [0.25, 0.3) is 0 Å². The molecule has 1 unspecified atom stereocenters. The second-order valence-corrected chi connectivity index (χ2v) is 10.6. The summed E-state index contributed by atoms with van der Waals surface area (Å²) in [6.07, 6.45) is -1.04. The standard InChI is InChI=1S/C24H23N2O10P/c1-13-19-18(14(2)27)22(28)25(19)20(21(13)36-37(3,33)35-17-7-5-4-6-8-17)24(30)34-23(29)15-9-11-16(12-10-15)26(31)32/h4-14,18-19,27H,1-3H3/t13-,14-,18-,19-,37?/m1/s1. The highest BCUT2D eigenvalue weighted by Gasteiger charge is 2.61. The number of carbonyl (C=O) groups is 3. The van der Waals surface area contributed by atoms with Crippen molar-refractivity contribution in [3.8, 4) is 5.75 Å². The van der Waals surface area contributed by atoms with E-state index in [-0.39, 0.29) is 22.8 Å². The molecule has 0 spiro atoms. The number of para-hydroxylation sites is 1. The van der Waals surface area contributed by atoms with Gasteiger partial charge in [0.2, 0.25) is 5.91 Å². The van der Waals surface area contributed by atoms with Crippen LogP contribution >= 0.6 is 7.60 Å². The molecule has 4 rings (SSSR count). The SMILES string of the molecule is C[C@@H](O)[C@H]1C(=O)N2C(C(=O)OC(=O)c3ccc([N+](=O)[O-])cc3)=C(OP(C)(=O)Oc3ccccc3)[C@H](C)[C@H]12.